The van der Waals surface area contributed by atoms with E-state index < -0.39 is 0 Å². The van der Waals surface area contributed by atoms with E-state index in [0.29, 0.717) is 0 Å². The van der Waals surface area contributed by atoms with Crippen molar-refractivity contribution in [3.05, 3.63) is 78.1 Å². The smallest absolute Gasteiger partial charge is 0.215 e. The molecule has 1 N–H and O–H groups in total. The van der Waals surface area contributed by atoms with Crippen molar-refractivity contribution >= 4 is 10.8 Å². The summed E-state index contributed by atoms with van der Waals surface area (Å²) < 4.78 is 2.11. The standard InChI is InChI=1S/C17H16NO/c19-13-17-16-9-5-4-8-15(16)10-11-18(17)12-14-6-2-1-3-7-14/h1-11,19H,12-13H2/q+1. The van der Waals surface area contributed by atoms with Crippen molar-refractivity contribution in [2.24, 2.45) is 0 Å². The van der Waals surface area contributed by atoms with Crippen LogP contribution < -0.4 is 4.57 Å². The van der Waals surface area contributed by atoms with E-state index in [1.165, 1.54) is 5.56 Å². The fraction of sp³-hybridized carbons (Fsp3) is 0.118. The molecule has 1 heterocycles. The van der Waals surface area contributed by atoms with Crippen LogP contribution in [0.1, 0.15) is 11.3 Å². The van der Waals surface area contributed by atoms with Crippen LogP contribution in [-0.4, -0.2) is 5.11 Å². The minimum absolute atomic E-state index is 0.0498. The second kappa shape index (κ2) is 5.21. The van der Waals surface area contributed by atoms with Crippen molar-refractivity contribution in [3.8, 4) is 0 Å². The minimum Gasteiger partial charge on any atom is -0.385 e. The lowest BCUT2D eigenvalue weighted by Crippen LogP contribution is -2.38. The number of aromatic nitrogens is 1. The number of benzene rings is 2. The molecule has 3 aromatic rings. The summed E-state index contributed by atoms with van der Waals surface area (Å²) in [7, 11) is 0. The summed E-state index contributed by atoms with van der Waals surface area (Å²) in [5.41, 5.74) is 2.19. The van der Waals surface area contributed by atoms with Gasteiger partial charge in [0, 0.05) is 11.6 Å². The van der Waals surface area contributed by atoms with Gasteiger partial charge in [-0.15, -0.1) is 0 Å². The first-order chi connectivity index (χ1) is 9.38. The van der Waals surface area contributed by atoms with Crippen LogP contribution in [-0.2, 0) is 13.2 Å². The van der Waals surface area contributed by atoms with Gasteiger partial charge < -0.3 is 5.11 Å². The molecule has 0 unspecified atom stereocenters. The Labute approximate surface area is 112 Å². The highest BCUT2D eigenvalue weighted by Gasteiger charge is 2.14. The zero-order valence-corrected chi connectivity index (χ0v) is 10.7. The molecule has 1 aromatic heterocycles. The second-order valence-corrected chi connectivity index (χ2v) is 4.62. The highest BCUT2D eigenvalue weighted by molar-refractivity contribution is 5.83. The van der Waals surface area contributed by atoms with Crippen LogP contribution in [0.3, 0.4) is 0 Å². The molecule has 0 atom stereocenters. The molecule has 0 bridgehead atoms. The number of aliphatic hydroxyl groups excluding tert-OH is 1. The van der Waals surface area contributed by atoms with E-state index in [1.54, 1.807) is 0 Å². The number of aliphatic hydroxyl groups is 1. The molecule has 0 aliphatic heterocycles. The molecule has 2 aromatic carbocycles. The van der Waals surface area contributed by atoms with Gasteiger partial charge in [-0.3, -0.25) is 0 Å². The molecule has 2 heteroatoms. The fourth-order valence-electron chi connectivity index (χ4n) is 2.42. The Morgan fingerprint density at radius 3 is 2.37 bits per heavy atom. The largest absolute Gasteiger partial charge is 0.385 e. The molecule has 3 rings (SSSR count). The van der Waals surface area contributed by atoms with Crippen LogP contribution in [0, 0.1) is 0 Å². The molecule has 19 heavy (non-hydrogen) atoms. The second-order valence-electron chi connectivity index (χ2n) is 4.62. The number of rotatable bonds is 3. The van der Waals surface area contributed by atoms with E-state index in [2.05, 4.69) is 34.9 Å². The monoisotopic (exact) mass is 250 g/mol. The predicted molar refractivity (Wildman–Crippen MR) is 75.6 cm³/mol. The van der Waals surface area contributed by atoms with Crippen LogP contribution in [0.2, 0.25) is 0 Å². The third-order valence-electron chi connectivity index (χ3n) is 3.40. The lowest BCUT2D eigenvalue weighted by atomic mass is 10.1. The van der Waals surface area contributed by atoms with Crippen molar-refractivity contribution in [1.29, 1.82) is 0 Å². The maximum absolute atomic E-state index is 9.67. The molecular formula is C17H16NO+. The third kappa shape index (κ3) is 2.35. The highest BCUT2D eigenvalue weighted by Crippen LogP contribution is 2.15. The number of hydrogen-bond acceptors (Lipinski definition) is 1. The maximum Gasteiger partial charge on any atom is 0.215 e. The van der Waals surface area contributed by atoms with Gasteiger partial charge in [0.2, 0.25) is 5.69 Å². The number of pyridine rings is 1. The zero-order valence-electron chi connectivity index (χ0n) is 10.7. The van der Waals surface area contributed by atoms with Gasteiger partial charge in [0.25, 0.3) is 0 Å². The lowest BCUT2D eigenvalue weighted by molar-refractivity contribution is -0.696. The van der Waals surface area contributed by atoms with E-state index >= 15 is 0 Å². The Balaban J connectivity index is 2.08. The third-order valence-corrected chi connectivity index (χ3v) is 3.40. The summed E-state index contributed by atoms with van der Waals surface area (Å²) in [6.45, 7) is 0.829. The molecule has 0 fully saturated rings. The SMILES string of the molecule is OCc1c2ccccc2cc[n+]1Cc1ccccc1. The van der Waals surface area contributed by atoms with Crippen LogP contribution in [0.25, 0.3) is 10.8 Å². The van der Waals surface area contributed by atoms with E-state index in [9.17, 15) is 5.11 Å². The van der Waals surface area contributed by atoms with Crippen molar-refractivity contribution in [2.45, 2.75) is 13.2 Å². The Kier molecular flexibility index (Phi) is 3.25. The Bertz CT molecular complexity index is 692. The van der Waals surface area contributed by atoms with Gasteiger partial charge in [0.1, 0.15) is 6.61 Å². The van der Waals surface area contributed by atoms with Crippen LogP contribution in [0.5, 0.6) is 0 Å². The first kappa shape index (κ1) is 11.9. The number of fused-ring (bicyclic) bond motifs is 1. The highest BCUT2D eigenvalue weighted by atomic mass is 16.3. The summed E-state index contributed by atoms with van der Waals surface area (Å²) in [6.07, 6.45) is 2.04. The molecule has 0 saturated carbocycles. The molecule has 0 aliphatic rings. The Morgan fingerprint density at radius 1 is 0.842 bits per heavy atom. The quantitative estimate of drug-likeness (QED) is 0.710. The Morgan fingerprint density at radius 2 is 1.58 bits per heavy atom. The first-order valence-electron chi connectivity index (χ1n) is 6.43. The van der Waals surface area contributed by atoms with Crippen molar-refractivity contribution in [2.75, 3.05) is 0 Å². The van der Waals surface area contributed by atoms with Crippen LogP contribution >= 0.6 is 0 Å². The van der Waals surface area contributed by atoms with E-state index in [4.69, 9.17) is 0 Å². The topological polar surface area (TPSA) is 24.1 Å². The summed E-state index contributed by atoms with van der Waals surface area (Å²) in [6, 6.07) is 20.5. The van der Waals surface area contributed by atoms with Gasteiger partial charge in [-0.25, -0.2) is 0 Å². The summed E-state index contributed by atoms with van der Waals surface area (Å²) in [5.74, 6) is 0. The summed E-state index contributed by atoms with van der Waals surface area (Å²) >= 11 is 0. The molecule has 94 valence electrons. The predicted octanol–water partition coefficient (Wildman–Crippen LogP) is 2.67. The van der Waals surface area contributed by atoms with Gasteiger partial charge in [-0.05, 0) is 11.5 Å². The van der Waals surface area contributed by atoms with Crippen molar-refractivity contribution in [3.63, 3.8) is 0 Å². The molecule has 2 nitrogen and oxygen atoms in total. The number of hydrogen-bond donors (Lipinski definition) is 1. The summed E-state index contributed by atoms with van der Waals surface area (Å²) in [5, 5.41) is 12.0. The molecular weight excluding hydrogens is 234 g/mol. The average molecular weight is 250 g/mol. The fourth-order valence-corrected chi connectivity index (χ4v) is 2.42. The van der Waals surface area contributed by atoms with Crippen LogP contribution in [0.15, 0.2) is 66.9 Å². The normalized spacial score (nSPS) is 10.8. The maximum atomic E-state index is 9.67. The zero-order chi connectivity index (χ0) is 13.1. The van der Waals surface area contributed by atoms with Gasteiger partial charge in [-0.1, -0.05) is 48.5 Å². The van der Waals surface area contributed by atoms with E-state index in [0.717, 1.165) is 23.0 Å². The molecule has 0 saturated heterocycles. The molecule has 0 radical (unpaired) electrons. The van der Waals surface area contributed by atoms with Crippen LogP contribution in [0.4, 0.5) is 0 Å². The molecule has 0 aliphatic carbocycles. The van der Waals surface area contributed by atoms with Crippen molar-refractivity contribution in [1.82, 2.24) is 0 Å². The molecule has 0 amide bonds. The van der Waals surface area contributed by atoms with Gasteiger partial charge in [-0.2, -0.15) is 4.57 Å². The average Bonchev–Trinajstić information content (AvgIpc) is 2.48. The van der Waals surface area contributed by atoms with Crippen molar-refractivity contribution < 1.29 is 9.67 Å². The van der Waals surface area contributed by atoms with Gasteiger partial charge in [0.05, 0.1) is 5.39 Å². The van der Waals surface area contributed by atoms with E-state index in [1.807, 2.05) is 36.5 Å². The first-order valence-corrected chi connectivity index (χ1v) is 6.43. The van der Waals surface area contributed by atoms with Gasteiger partial charge >= 0.3 is 0 Å². The van der Waals surface area contributed by atoms with E-state index in [-0.39, 0.29) is 6.61 Å². The van der Waals surface area contributed by atoms with Gasteiger partial charge in [0.15, 0.2) is 12.7 Å². The summed E-state index contributed by atoms with van der Waals surface area (Å²) in [4.78, 5) is 0. The number of nitrogens with zero attached hydrogens (tertiary/aromatic N) is 1. The lowest BCUT2D eigenvalue weighted by Gasteiger charge is -2.05. The molecule has 0 spiro atoms. The Hall–Kier alpha value is -2.19. The minimum atomic E-state index is 0.0498.